The number of rotatable bonds is 7. The molecule has 0 bridgehead atoms. The number of benzene rings is 1. The van der Waals surface area contributed by atoms with Gasteiger partial charge in [-0.05, 0) is 56.3 Å². The van der Waals surface area contributed by atoms with Gasteiger partial charge in [0, 0.05) is 24.8 Å². The van der Waals surface area contributed by atoms with Crippen LogP contribution in [0.2, 0.25) is 0 Å². The van der Waals surface area contributed by atoms with Gasteiger partial charge in [-0.15, -0.1) is 0 Å². The summed E-state index contributed by atoms with van der Waals surface area (Å²) >= 11 is 0. The Hall–Kier alpha value is -2.37. The van der Waals surface area contributed by atoms with E-state index < -0.39 is 25.8 Å². The van der Waals surface area contributed by atoms with Gasteiger partial charge in [-0.2, -0.15) is 0 Å². The number of nitrogens with one attached hydrogen (secondary N) is 2. The number of furan rings is 1. The highest BCUT2D eigenvalue weighted by Crippen LogP contribution is 2.23. The topological polar surface area (TPSA) is 126 Å². The van der Waals surface area contributed by atoms with E-state index >= 15 is 0 Å². The van der Waals surface area contributed by atoms with Crippen molar-refractivity contribution in [2.24, 2.45) is 0 Å². The number of nitrogens with zero attached hydrogens (tertiary/aromatic N) is 1. The molecule has 1 aliphatic heterocycles. The summed E-state index contributed by atoms with van der Waals surface area (Å²) in [6.45, 7) is 3.01. The predicted octanol–water partition coefficient (Wildman–Crippen LogP) is 1.38. The minimum absolute atomic E-state index is 0.0565. The molecule has 1 saturated heterocycles. The van der Waals surface area contributed by atoms with Crippen molar-refractivity contribution in [2.45, 2.75) is 35.8 Å². The second kappa shape index (κ2) is 8.78. The number of anilines is 1. The Morgan fingerprint density at radius 2 is 1.70 bits per heavy atom. The standard InChI is InChI=1S/C19H25N3O6S2/c1-3-29(24,25)16-6-4-15(5-7-16)22-12-10-14(11-13-22)21-19(23)17-8-9-18(28-17)30(26,27)20-2/h4-9,14,20H,3,10-13H2,1-2H3,(H,21,23). The van der Waals surface area contributed by atoms with Crippen LogP contribution >= 0.6 is 0 Å². The molecular weight excluding hydrogens is 430 g/mol. The van der Waals surface area contributed by atoms with Crippen LogP contribution in [-0.2, 0) is 19.9 Å². The Morgan fingerprint density at radius 1 is 1.07 bits per heavy atom. The maximum Gasteiger partial charge on any atom is 0.287 e. The van der Waals surface area contributed by atoms with Crippen LogP contribution in [0.5, 0.6) is 0 Å². The highest BCUT2D eigenvalue weighted by molar-refractivity contribution is 7.91. The van der Waals surface area contributed by atoms with E-state index in [9.17, 15) is 21.6 Å². The molecule has 1 fully saturated rings. The van der Waals surface area contributed by atoms with Crippen LogP contribution in [0, 0.1) is 0 Å². The highest BCUT2D eigenvalue weighted by atomic mass is 32.2. The normalized spacial score (nSPS) is 15.9. The lowest BCUT2D eigenvalue weighted by Gasteiger charge is -2.33. The number of carbonyl (C=O) groups is 1. The van der Waals surface area contributed by atoms with Gasteiger partial charge in [-0.3, -0.25) is 4.79 Å². The molecule has 1 aliphatic rings. The van der Waals surface area contributed by atoms with Crippen molar-refractivity contribution < 1.29 is 26.0 Å². The second-order valence-corrected chi connectivity index (χ2v) is 11.1. The van der Waals surface area contributed by atoms with E-state index in [0.717, 1.165) is 5.69 Å². The Morgan fingerprint density at radius 3 is 2.27 bits per heavy atom. The first-order valence-corrected chi connectivity index (χ1v) is 12.7. The molecule has 2 N–H and O–H groups in total. The van der Waals surface area contributed by atoms with Crippen LogP contribution in [0.25, 0.3) is 0 Å². The monoisotopic (exact) mass is 455 g/mol. The average molecular weight is 456 g/mol. The van der Waals surface area contributed by atoms with Crippen molar-refractivity contribution in [1.29, 1.82) is 0 Å². The van der Waals surface area contributed by atoms with Gasteiger partial charge >= 0.3 is 0 Å². The number of hydrogen-bond acceptors (Lipinski definition) is 7. The third kappa shape index (κ3) is 4.85. The largest absolute Gasteiger partial charge is 0.438 e. The van der Waals surface area contributed by atoms with Gasteiger partial charge in [-0.1, -0.05) is 6.92 Å². The van der Waals surface area contributed by atoms with Crippen molar-refractivity contribution in [3.63, 3.8) is 0 Å². The molecular formula is C19H25N3O6S2. The second-order valence-electron chi connectivity index (χ2n) is 6.96. The molecule has 0 spiro atoms. The molecule has 3 rings (SSSR count). The van der Waals surface area contributed by atoms with Crippen LogP contribution < -0.4 is 14.9 Å². The van der Waals surface area contributed by atoms with E-state index in [-0.39, 0.29) is 22.6 Å². The summed E-state index contributed by atoms with van der Waals surface area (Å²) < 4.78 is 54.6. The highest BCUT2D eigenvalue weighted by Gasteiger charge is 2.24. The molecule has 164 valence electrons. The number of amides is 1. The zero-order valence-electron chi connectivity index (χ0n) is 16.8. The van der Waals surface area contributed by atoms with E-state index in [1.54, 1.807) is 31.2 Å². The molecule has 1 aromatic heterocycles. The fourth-order valence-corrected chi connectivity index (χ4v) is 4.79. The van der Waals surface area contributed by atoms with E-state index in [1.807, 2.05) is 0 Å². The predicted molar refractivity (Wildman–Crippen MR) is 112 cm³/mol. The summed E-state index contributed by atoms with van der Waals surface area (Å²) in [7, 11) is -5.69. The summed E-state index contributed by atoms with van der Waals surface area (Å²) in [4.78, 5) is 14.8. The number of sulfone groups is 1. The molecule has 9 nitrogen and oxygen atoms in total. The SMILES string of the molecule is CCS(=O)(=O)c1ccc(N2CCC(NC(=O)c3ccc(S(=O)(=O)NC)o3)CC2)cc1. The van der Waals surface area contributed by atoms with Gasteiger partial charge in [0.25, 0.3) is 15.9 Å². The van der Waals surface area contributed by atoms with Crippen LogP contribution in [0.15, 0.2) is 50.8 Å². The van der Waals surface area contributed by atoms with E-state index in [2.05, 4.69) is 14.9 Å². The fourth-order valence-electron chi connectivity index (χ4n) is 3.26. The lowest BCUT2D eigenvalue weighted by atomic mass is 10.0. The van der Waals surface area contributed by atoms with E-state index in [0.29, 0.717) is 30.8 Å². The lowest BCUT2D eigenvalue weighted by molar-refractivity contribution is 0.0897. The van der Waals surface area contributed by atoms with Gasteiger partial charge in [-0.25, -0.2) is 21.6 Å². The molecule has 0 radical (unpaired) electrons. The molecule has 30 heavy (non-hydrogen) atoms. The molecule has 0 atom stereocenters. The summed E-state index contributed by atoms with van der Waals surface area (Å²) in [6, 6.07) is 9.35. The van der Waals surface area contributed by atoms with Gasteiger partial charge in [0.2, 0.25) is 5.09 Å². The van der Waals surface area contributed by atoms with Gasteiger partial charge in [0.05, 0.1) is 10.6 Å². The maximum absolute atomic E-state index is 12.4. The molecule has 0 saturated carbocycles. The fraction of sp³-hybridized carbons (Fsp3) is 0.421. The molecule has 1 amide bonds. The summed E-state index contributed by atoms with van der Waals surface area (Å²) in [5.74, 6) is -0.450. The van der Waals surface area contributed by atoms with Crippen molar-refractivity contribution in [2.75, 3.05) is 30.8 Å². The van der Waals surface area contributed by atoms with E-state index in [1.165, 1.54) is 19.2 Å². The lowest BCUT2D eigenvalue weighted by Crippen LogP contribution is -2.44. The Kier molecular flexibility index (Phi) is 6.53. The van der Waals surface area contributed by atoms with Crippen LogP contribution in [0.3, 0.4) is 0 Å². The molecule has 11 heteroatoms. The van der Waals surface area contributed by atoms with Gasteiger partial charge in [0.1, 0.15) is 0 Å². The van der Waals surface area contributed by atoms with E-state index in [4.69, 9.17) is 4.42 Å². The third-order valence-electron chi connectivity index (χ3n) is 5.11. The van der Waals surface area contributed by atoms with Crippen molar-refractivity contribution >= 4 is 31.5 Å². The van der Waals surface area contributed by atoms with Crippen LogP contribution in [0.4, 0.5) is 5.69 Å². The van der Waals surface area contributed by atoms with Crippen LogP contribution in [0.1, 0.15) is 30.3 Å². The maximum atomic E-state index is 12.4. The zero-order chi connectivity index (χ0) is 21.9. The number of piperidine rings is 1. The molecule has 2 aromatic rings. The zero-order valence-corrected chi connectivity index (χ0v) is 18.4. The Balaban J connectivity index is 1.56. The smallest absolute Gasteiger partial charge is 0.287 e. The first-order valence-electron chi connectivity index (χ1n) is 9.58. The number of sulfonamides is 1. The number of hydrogen-bond donors (Lipinski definition) is 2. The Labute approximate surface area is 176 Å². The molecule has 0 unspecified atom stereocenters. The first kappa shape index (κ1) is 22.3. The summed E-state index contributed by atoms with van der Waals surface area (Å²) in [5.41, 5.74) is 0.933. The third-order valence-corrected chi connectivity index (χ3v) is 8.15. The van der Waals surface area contributed by atoms with Gasteiger partial charge < -0.3 is 14.6 Å². The van der Waals surface area contributed by atoms with Crippen molar-refractivity contribution in [1.82, 2.24) is 10.0 Å². The van der Waals surface area contributed by atoms with Gasteiger partial charge in [0.15, 0.2) is 15.6 Å². The summed E-state index contributed by atoms with van der Waals surface area (Å²) in [5, 5.41) is 2.57. The van der Waals surface area contributed by atoms with Crippen LogP contribution in [-0.4, -0.2) is 54.7 Å². The van der Waals surface area contributed by atoms with Crippen molar-refractivity contribution in [3.8, 4) is 0 Å². The quantitative estimate of drug-likeness (QED) is 0.646. The average Bonchev–Trinajstić information content (AvgIpc) is 3.26. The number of carbonyl (C=O) groups excluding carboxylic acids is 1. The Bertz CT molecular complexity index is 1100. The molecule has 1 aromatic carbocycles. The first-order chi connectivity index (χ1) is 14.2. The minimum atomic E-state index is -3.74. The molecule has 2 heterocycles. The summed E-state index contributed by atoms with van der Waals surface area (Å²) in [6.07, 6.45) is 1.40. The van der Waals surface area contributed by atoms with Crippen molar-refractivity contribution in [3.05, 3.63) is 42.2 Å². The molecule has 0 aliphatic carbocycles. The minimum Gasteiger partial charge on any atom is -0.438 e.